The molecule has 2 aromatic rings. The number of urea groups is 1. The molecule has 0 radical (unpaired) electrons. The van der Waals surface area contributed by atoms with Crippen molar-refractivity contribution in [3.63, 3.8) is 0 Å². The standard InChI is InChI=1S/C20H25N3O2/c24-19-8-4-7-17(15-19)9-10-21-20(25)23-13-11-22(12-14-23)16-18-5-2-1-3-6-18/h1-8,15,24H,9-14,16H2,(H,21,25). The number of rotatable bonds is 5. The van der Waals surface area contributed by atoms with E-state index in [-0.39, 0.29) is 11.8 Å². The lowest BCUT2D eigenvalue weighted by molar-refractivity contribution is 0.135. The van der Waals surface area contributed by atoms with Crippen LogP contribution in [0.25, 0.3) is 0 Å². The van der Waals surface area contributed by atoms with Crippen LogP contribution in [0.4, 0.5) is 4.79 Å². The van der Waals surface area contributed by atoms with Gasteiger partial charge in [-0.2, -0.15) is 0 Å². The van der Waals surface area contributed by atoms with E-state index >= 15 is 0 Å². The summed E-state index contributed by atoms with van der Waals surface area (Å²) in [5, 5.41) is 12.4. The molecule has 0 aromatic heterocycles. The van der Waals surface area contributed by atoms with E-state index in [4.69, 9.17) is 0 Å². The van der Waals surface area contributed by atoms with E-state index in [1.54, 1.807) is 12.1 Å². The largest absolute Gasteiger partial charge is 0.508 e. The van der Waals surface area contributed by atoms with Crippen LogP contribution in [-0.4, -0.2) is 53.7 Å². The Morgan fingerprint density at radius 2 is 1.68 bits per heavy atom. The molecule has 1 aliphatic rings. The number of aromatic hydroxyl groups is 1. The predicted octanol–water partition coefficient (Wildman–Crippen LogP) is 2.46. The molecule has 1 fully saturated rings. The molecule has 132 valence electrons. The smallest absolute Gasteiger partial charge is 0.317 e. The van der Waals surface area contributed by atoms with Crippen molar-refractivity contribution in [1.29, 1.82) is 0 Å². The molecule has 2 aromatic carbocycles. The Bertz CT molecular complexity index is 682. The minimum absolute atomic E-state index is 0.000450. The van der Waals surface area contributed by atoms with Crippen molar-refractivity contribution in [2.24, 2.45) is 0 Å². The molecule has 0 saturated carbocycles. The monoisotopic (exact) mass is 339 g/mol. The minimum Gasteiger partial charge on any atom is -0.508 e. The third-order valence-corrected chi connectivity index (χ3v) is 4.51. The lowest BCUT2D eigenvalue weighted by Gasteiger charge is -2.34. The molecule has 0 aliphatic carbocycles. The van der Waals surface area contributed by atoms with Crippen molar-refractivity contribution in [2.45, 2.75) is 13.0 Å². The van der Waals surface area contributed by atoms with Crippen LogP contribution in [0.5, 0.6) is 5.75 Å². The Balaban J connectivity index is 1.38. The number of hydrogen-bond acceptors (Lipinski definition) is 3. The molecule has 0 atom stereocenters. The van der Waals surface area contributed by atoms with Crippen LogP contribution in [0, 0.1) is 0 Å². The highest BCUT2D eigenvalue weighted by molar-refractivity contribution is 5.74. The van der Waals surface area contributed by atoms with Crippen molar-refractivity contribution in [2.75, 3.05) is 32.7 Å². The molecule has 25 heavy (non-hydrogen) atoms. The van der Waals surface area contributed by atoms with E-state index in [2.05, 4.69) is 34.5 Å². The van der Waals surface area contributed by atoms with Crippen LogP contribution in [0.2, 0.25) is 0 Å². The topological polar surface area (TPSA) is 55.8 Å². The molecular weight excluding hydrogens is 314 g/mol. The highest BCUT2D eigenvalue weighted by Gasteiger charge is 2.20. The first-order valence-corrected chi connectivity index (χ1v) is 8.78. The fourth-order valence-corrected chi connectivity index (χ4v) is 3.09. The summed E-state index contributed by atoms with van der Waals surface area (Å²) in [4.78, 5) is 16.5. The van der Waals surface area contributed by atoms with Gasteiger partial charge in [-0.25, -0.2) is 4.79 Å². The number of phenols is 1. The maximum Gasteiger partial charge on any atom is 0.317 e. The zero-order chi connectivity index (χ0) is 17.5. The molecule has 2 amide bonds. The van der Waals surface area contributed by atoms with E-state index in [0.717, 1.165) is 38.3 Å². The molecule has 5 nitrogen and oxygen atoms in total. The van der Waals surface area contributed by atoms with Crippen LogP contribution >= 0.6 is 0 Å². The van der Waals surface area contributed by atoms with Crippen molar-refractivity contribution in [1.82, 2.24) is 15.1 Å². The first-order valence-electron chi connectivity index (χ1n) is 8.78. The lowest BCUT2D eigenvalue weighted by atomic mass is 10.1. The number of hydrogen-bond donors (Lipinski definition) is 2. The Kier molecular flexibility index (Phi) is 5.90. The molecule has 2 N–H and O–H groups in total. The normalized spacial score (nSPS) is 15.1. The van der Waals surface area contributed by atoms with Crippen LogP contribution in [-0.2, 0) is 13.0 Å². The number of piperazine rings is 1. The fourth-order valence-electron chi connectivity index (χ4n) is 3.09. The van der Waals surface area contributed by atoms with Crippen LogP contribution in [0.1, 0.15) is 11.1 Å². The average molecular weight is 339 g/mol. The second kappa shape index (κ2) is 8.53. The van der Waals surface area contributed by atoms with Gasteiger partial charge >= 0.3 is 6.03 Å². The van der Waals surface area contributed by atoms with E-state index in [0.29, 0.717) is 13.0 Å². The van der Waals surface area contributed by atoms with Crippen molar-refractivity contribution in [3.8, 4) is 5.75 Å². The molecule has 1 aliphatic heterocycles. The molecule has 0 spiro atoms. The lowest BCUT2D eigenvalue weighted by Crippen LogP contribution is -2.51. The van der Waals surface area contributed by atoms with E-state index in [1.165, 1.54) is 5.56 Å². The first kappa shape index (κ1) is 17.3. The second-order valence-electron chi connectivity index (χ2n) is 6.40. The summed E-state index contributed by atoms with van der Waals surface area (Å²) < 4.78 is 0. The van der Waals surface area contributed by atoms with Gasteiger partial charge in [0.15, 0.2) is 0 Å². The number of nitrogens with zero attached hydrogens (tertiary/aromatic N) is 2. The number of carbonyl (C=O) groups excluding carboxylic acids is 1. The zero-order valence-electron chi connectivity index (χ0n) is 14.4. The number of carbonyl (C=O) groups is 1. The highest BCUT2D eigenvalue weighted by atomic mass is 16.3. The summed E-state index contributed by atoms with van der Waals surface area (Å²) >= 11 is 0. The van der Waals surface area contributed by atoms with Gasteiger partial charge in [-0.05, 0) is 29.7 Å². The van der Waals surface area contributed by atoms with Crippen molar-refractivity contribution < 1.29 is 9.90 Å². The van der Waals surface area contributed by atoms with Crippen LogP contribution in [0.15, 0.2) is 54.6 Å². The molecule has 1 saturated heterocycles. The molecular formula is C20H25N3O2. The quantitative estimate of drug-likeness (QED) is 0.880. The van der Waals surface area contributed by atoms with Gasteiger partial charge in [-0.15, -0.1) is 0 Å². The van der Waals surface area contributed by atoms with Gasteiger partial charge in [0.1, 0.15) is 5.75 Å². The zero-order valence-corrected chi connectivity index (χ0v) is 14.4. The van der Waals surface area contributed by atoms with Gasteiger partial charge in [0.2, 0.25) is 0 Å². The van der Waals surface area contributed by atoms with Gasteiger partial charge in [0.25, 0.3) is 0 Å². The van der Waals surface area contributed by atoms with Gasteiger partial charge in [0.05, 0.1) is 0 Å². The predicted molar refractivity (Wildman–Crippen MR) is 98.5 cm³/mol. The van der Waals surface area contributed by atoms with Crippen molar-refractivity contribution >= 4 is 6.03 Å². The summed E-state index contributed by atoms with van der Waals surface area (Å²) in [6, 6.07) is 17.6. The van der Waals surface area contributed by atoms with Crippen LogP contribution in [0.3, 0.4) is 0 Å². The van der Waals surface area contributed by atoms with Gasteiger partial charge in [-0.3, -0.25) is 4.90 Å². The minimum atomic E-state index is -0.000450. The fraction of sp³-hybridized carbons (Fsp3) is 0.350. The Morgan fingerprint density at radius 1 is 0.960 bits per heavy atom. The SMILES string of the molecule is O=C(NCCc1cccc(O)c1)N1CCN(Cc2ccccc2)CC1. The van der Waals surface area contributed by atoms with Gasteiger partial charge in [0, 0.05) is 39.3 Å². The summed E-state index contributed by atoms with van der Waals surface area (Å²) in [7, 11) is 0. The van der Waals surface area contributed by atoms with Gasteiger partial charge < -0.3 is 15.3 Å². The van der Waals surface area contributed by atoms with E-state index in [1.807, 2.05) is 23.1 Å². The second-order valence-corrected chi connectivity index (χ2v) is 6.40. The Labute approximate surface area is 148 Å². The van der Waals surface area contributed by atoms with Gasteiger partial charge in [-0.1, -0.05) is 42.5 Å². The number of amides is 2. The molecule has 1 heterocycles. The summed E-state index contributed by atoms with van der Waals surface area (Å²) in [6.45, 7) is 4.82. The Hall–Kier alpha value is -2.53. The van der Waals surface area contributed by atoms with E-state index in [9.17, 15) is 9.90 Å². The Morgan fingerprint density at radius 3 is 2.40 bits per heavy atom. The third-order valence-electron chi connectivity index (χ3n) is 4.51. The van der Waals surface area contributed by atoms with Crippen molar-refractivity contribution in [3.05, 3.63) is 65.7 Å². The molecule has 5 heteroatoms. The first-order chi connectivity index (χ1) is 12.2. The average Bonchev–Trinajstić information content (AvgIpc) is 2.63. The third kappa shape index (κ3) is 5.22. The molecule has 0 unspecified atom stereocenters. The van der Waals surface area contributed by atoms with Crippen LogP contribution < -0.4 is 5.32 Å². The highest BCUT2D eigenvalue weighted by Crippen LogP contribution is 2.11. The summed E-state index contributed by atoms with van der Waals surface area (Å²) in [5.74, 6) is 0.262. The maximum absolute atomic E-state index is 12.3. The summed E-state index contributed by atoms with van der Waals surface area (Å²) in [5.41, 5.74) is 2.33. The number of benzene rings is 2. The maximum atomic E-state index is 12.3. The molecule has 0 bridgehead atoms. The van der Waals surface area contributed by atoms with E-state index < -0.39 is 0 Å². The number of nitrogens with one attached hydrogen (secondary N) is 1. The molecule has 3 rings (SSSR count). The number of phenolic OH excluding ortho intramolecular Hbond substituents is 1. The summed E-state index contributed by atoms with van der Waals surface area (Å²) in [6.07, 6.45) is 0.716.